The fraction of sp³-hybridized carbons (Fsp3) is 0.241. The maximum atomic E-state index is 15.0. The number of aromatic nitrogens is 3. The summed E-state index contributed by atoms with van der Waals surface area (Å²) >= 11 is 2.79. The molecule has 0 spiro atoms. The van der Waals surface area contributed by atoms with Crippen molar-refractivity contribution in [2.24, 2.45) is 0 Å². The van der Waals surface area contributed by atoms with Crippen molar-refractivity contribution in [1.82, 2.24) is 25.2 Å². The number of nitrogens with one attached hydrogen (secondary N) is 3. The van der Waals surface area contributed by atoms with E-state index in [4.69, 9.17) is 0 Å². The van der Waals surface area contributed by atoms with Crippen LogP contribution < -0.4 is 16.0 Å². The highest BCUT2D eigenvalue weighted by Gasteiger charge is 2.23. The molecule has 5 heterocycles. The van der Waals surface area contributed by atoms with Crippen LogP contribution in [0.1, 0.15) is 46.3 Å². The van der Waals surface area contributed by atoms with Crippen LogP contribution in [0.3, 0.4) is 0 Å². The van der Waals surface area contributed by atoms with Crippen LogP contribution >= 0.6 is 22.7 Å². The molecule has 0 saturated carbocycles. The van der Waals surface area contributed by atoms with Crippen molar-refractivity contribution in [3.63, 3.8) is 0 Å². The summed E-state index contributed by atoms with van der Waals surface area (Å²) < 4.78 is 16.6. The first kappa shape index (κ1) is 25.2. The molecule has 7 rings (SSSR count). The molecular formula is C29H25FN6O2S2. The first-order chi connectivity index (χ1) is 19.5. The van der Waals surface area contributed by atoms with Gasteiger partial charge in [-0.1, -0.05) is 12.1 Å². The van der Waals surface area contributed by atoms with E-state index >= 15 is 0 Å². The van der Waals surface area contributed by atoms with Crippen LogP contribution in [-0.2, 0) is 25.9 Å². The molecule has 0 bridgehead atoms. The third kappa shape index (κ3) is 4.35. The molecule has 2 aromatic carbocycles. The summed E-state index contributed by atoms with van der Waals surface area (Å²) in [6.45, 7) is 5.00. The molecule has 0 fully saturated rings. The topological polar surface area (TPSA) is 101 Å². The molecule has 0 atom stereocenters. The lowest BCUT2D eigenvalue weighted by Gasteiger charge is -2.14. The van der Waals surface area contributed by atoms with E-state index in [2.05, 4.69) is 25.9 Å². The number of thiazole rings is 2. The zero-order valence-electron chi connectivity index (χ0n) is 21.6. The number of benzene rings is 2. The van der Waals surface area contributed by atoms with Gasteiger partial charge in [0.1, 0.15) is 5.82 Å². The van der Waals surface area contributed by atoms with Gasteiger partial charge in [0.15, 0.2) is 10.0 Å². The summed E-state index contributed by atoms with van der Waals surface area (Å²) in [5, 5.41) is 11.1. The van der Waals surface area contributed by atoms with E-state index in [1.807, 2.05) is 31.2 Å². The van der Waals surface area contributed by atoms with Crippen LogP contribution in [0.5, 0.6) is 0 Å². The van der Waals surface area contributed by atoms with Gasteiger partial charge in [-0.15, -0.1) is 22.7 Å². The van der Waals surface area contributed by atoms with Crippen molar-refractivity contribution in [2.75, 3.05) is 18.4 Å². The lowest BCUT2D eigenvalue weighted by Crippen LogP contribution is -2.22. The number of carbonyl (C=O) groups is 2. The summed E-state index contributed by atoms with van der Waals surface area (Å²) in [7, 11) is 0. The molecule has 11 heteroatoms. The molecular weight excluding hydrogens is 547 g/mol. The van der Waals surface area contributed by atoms with Crippen LogP contribution in [0.25, 0.3) is 22.0 Å². The van der Waals surface area contributed by atoms with E-state index in [0.29, 0.717) is 33.3 Å². The number of rotatable bonds is 4. The lowest BCUT2D eigenvalue weighted by molar-refractivity contribution is 0.0963. The highest BCUT2D eigenvalue weighted by molar-refractivity contribution is 7.14. The van der Waals surface area contributed by atoms with Gasteiger partial charge >= 0.3 is 0 Å². The summed E-state index contributed by atoms with van der Waals surface area (Å²) in [6, 6.07) is 10.3. The molecule has 0 unspecified atom stereocenters. The van der Waals surface area contributed by atoms with Gasteiger partial charge in [-0.05, 0) is 47.9 Å². The normalized spacial score (nSPS) is 14.7. The zero-order chi connectivity index (χ0) is 27.4. The first-order valence-electron chi connectivity index (χ1n) is 13.1. The molecule has 2 aliphatic heterocycles. The Bertz CT molecular complexity index is 1770. The van der Waals surface area contributed by atoms with Crippen LogP contribution in [0.2, 0.25) is 0 Å². The Hall–Kier alpha value is -3.77. The Kier molecular flexibility index (Phi) is 6.31. The molecule has 5 aromatic rings. The van der Waals surface area contributed by atoms with E-state index in [0.717, 1.165) is 70.1 Å². The first-order valence-corrected chi connectivity index (χ1v) is 14.7. The van der Waals surface area contributed by atoms with E-state index < -0.39 is 5.82 Å². The second-order valence-electron chi connectivity index (χ2n) is 9.94. The number of hydrogen-bond donors (Lipinski definition) is 3. The largest absolute Gasteiger partial charge is 0.320 e. The van der Waals surface area contributed by atoms with E-state index in [1.165, 1.54) is 34.8 Å². The second kappa shape index (κ2) is 10.0. The summed E-state index contributed by atoms with van der Waals surface area (Å²) in [4.78, 5) is 37.8. The molecule has 2 aliphatic rings. The Morgan fingerprint density at radius 2 is 1.65 bits per heavy atom. The average molecular weight is 573 g/mol. The van der Waals surface area contributed by atoms with Gasteiger partial charge in [0.05, 0.1) is 16.9 Å². The number of halogens is 1. The Morgan fingerprint density at radius 3 is 2.38 bits per heavy atom. The minimum absolute atomic E-state index is 0.184. The van der Waals surface area contributed by atoms with Gasteiger partial charge in [-0.2, -0.15) is 0 Å². The molecule has 0 saturated heterocycles. The van der Waals surface area contributed by atoms with E-state index in [-0.39, 0.29) is 11.8 Å². The summed E-state index contributed by atoms with van der Waals surface area (Å²) in [6.07, 6.45) is 3.34. The van der Waals surface area contributed by atoms with Crippen molar-refractivity contribution in [2.45, 2.75) is 32.9 Å². The minimum atomic E-state index is -0.465. The van der Waals surface area contributed by atoms with Crippen molar-refractivity contribution in [3.8, 4) is 11.1 Å². The number of fused-ring (bicyclic) bond motifs is 3. The van der Waals surface area contributed by atoms with Gasteiger partial charge in [0, 0.05) is 66.0 Å². The van der Waals surface area contributed by atoms with Crippen LogP contribution in [-0.4, -0.2) is 39.4 Å². The van der Waals surface area contributed by atoms with E-state index in [9.17, 15) is 14.0 Å². The number of nitrogens with zero attached hydrogens (tertiary/aromatic N) is 3. The molecule has 0 aliphatic carbocycles. The highest BCUT2D eigenvalue weighted by Crippen LogP contribution is 2.36. The second-order valence-corrected chi connectivity index (χ2v) is 12.1. The highest BCUT2D eigenvalue weighted by atomic mass is 32.1. The lowest BCUT2D eigenvalue weighted by atomic mass is 9.96. The van der Waals surface area contributed by atoms with Gasteiger partial charge < -0.3 is 16.0 Å². The number of anilines is 1. The smallest absolute Gasteiger partial charge is 0.291 e. The zero-order valence-corrected chi connectivity index (χ0v) is 23.3. The quantitative estimate of drug-likeness (QED) is 0.283. The number of hydrogen-bond acceptors (Lipinski definition) is 8. The Balaban J connectivity index is 1.23. The van der Waals surface area contributed by atoms with Crippen LogP contribution in [0.4, 0.5) is 10.1 Å². The van der Waals surface area contributed by atoms with Crippen molar-refractivity contribution >= 4 is 51.1 Å². The Morgan fingerprint density at radius 1 is 0.950 bits per heavy atom. The van der Waals surface area contributed by atoms with Gasteiger partial charge in [-0.25, -0.2) is 14.4 Å². The SMILES string of the molecule is Cc1c(NC(=O)c2nc3c(s2)CNCC3)cc(F)cc1-c1cccc2c1ccn2C(=O)c1nc2c(s1)CNCC2. The third-order valence-electron chi connectivity index (χ3n) is 7.44. The molecule has 202 valence electrons. The number of amides is 1. The molecule has 0 radical (unpaired) electrons. The summed E-state index contributed by atoms with van der Waals surface area (Å²) in [5.74, 6) is -1.000. The molecule has 1 amide bonds. The van der Waals surface area contributed by atoms with Crippen molar-refractivity contribution in [3.05, 3.63) is 85.1 Å². The average Bonchev–Trinajstić information content (AvgIpc) is 3.70. The minimum Gasteiger partial charge on any atom is -0.320 e. The number of carbonyl (C=O) groups excluding carboxylic acids is 2. The molecule has 3 N–H and O–H groups in total. The Labute approximate surface area is 237 Å². The van der Waals surface area contributed by atoms with Gasteiger partial charge in [-0.3, -0.25) is 14.2 Å². The fourth-order valence-electron chi connectivity index (χ4n) is 5.39. The maximum Gasteiger partial charge on any atom is 0.291 e. The third-order valence-corrected chi connectivity index (χ3v) is 9.63. The molecule has 3 aromatic heterocycles. The van der Waals surface area contributed by atoms with Crippen LogP contribution in [0, 0.1) is 12.7 Å². The van der Waals surface area contributed by atoms with E-state index in [1.54, 1.807) is 10.8 Å². The summed E-state index contributed by atoms with van der Waals surface area (Å²) in [5.41, 5.74) is 5.18. The van der Waals surface area contributed by atoms with Gasteiger partial charge in [0.2, 0.25) is 0 Å². The fourth-order valence-corrected chi connectivity index (χ4v) is 7.37. The van der Waals surface area contributed by atoms with Crippen molar-refractivity contribution < 1.29 is 14.0 Å². The standard InChI is InChI=1S/C29H25FN6O2S2/c1-15-19(11-16(30)12-22(15)33-26(37)27-34-20-5-8-31-13-24(20)39-27)17-3-2-4-23-18(17)7-10-36(23)29(38)28-35-21-6-9-32-14-25(21)40-28/h2-4,7,10-12,31-32H,5-6,8-9,13-14H2,1H3,(H,33,37). The van der Waals surface area contributed by atoms with Gasteiger partial charge in [0.25, 0.3) is 11.8 Å². The predicted octanol–water partition coefficient (Wildman–Crippen LogP) is 4.90. The molecule has 8 nitrogen and oxygen atoms in total. The predicted molar refractivity (Wildman–Crippen MR) is 155 cm³/mol. The maximum absolute atomic E-state index is 15.0. The van der Waals surface area contributed by atoms with Crippen LogP contribution in [0.15, 0.2) is 42.6 Å². The van der Waals surface area contributed by atoms with Crippen molar-refractivity contribution in [1.29, 1.82) is 0 Å². The molecule has 40 heavy (non-hydrogen) atoms. The monoisotopic (exact) mass is 572 g/mol.